The van der Waals surface area contributed by atoms with Gasteiger partial charge in [-0.1, -0.05) is 0 Å². The molecule has 21 heavy (non-hydrogen) atoms. The zero-order valence-corrected chi connectivity index (χ0v) is 11.6. The first kappa shape index (κ1) is 14.6. The number of hydrogen-bond acceptors (Lipinski definition) is 6. The fourth-order valence-electron chi connectivity index (χ4n) is 1.56. The number of nitrogens with one attached hydrogen (secondary N) is 1. The number of esters is 1. The summed E-state index contributed by atoms with van der Waals surface area (Å²) >= 11 is 0. The van der Waals surface area contributed by atoms with Crippen molar-refractivity contribution in [3.8, 4) is 5.88 Å². The molecular formula is C14H14N2O5. The van der Waals surface area contributed by atoms with Gasteiger partial charge in [-0.25, -0.2) is 4.79 Å². The maximum atomic E-state index is 11.9. The van der Waals surface area contributed by atoms with Gasteiger partial charge in [-0.15, -0.1) is 0 Å². The minimum absolute atomic E-state index is 0.0290. The van der Waals surface area contributed by atoms with Crippen LogP contribution in [0, 0.1) is 0 Å². The number of carbonyl (C=O) groups excluding carboxylic acids is 2. The molecule has 1 aromatic carbocycles. The highest BCUT2D eigenvalue weighted by atomic mass is 16.5. The molecular weight excluding hydrogens is 276 g/mol. The Labute approximate surface area is 120 Å². The van der Waals surface area contributed by atoms with E-state index in [2.05, 4.69) is 10.5 Å². The quantitative estimate of drug-likeness (QED) is 0.848. The molecule has 1 amide bonds. The van der Waals surface area contributed by atoms with Crippen molar-refractivity contribution in [2.24, 2.45) is 0 Å². The van der Waals surface area contributed by atoms with Crippen LogP contribution in [-0.2, 0) is 4.74 Å². The zero-order chi connectivity index (χ0) is 15.2. The molecule has 0 fully saturated rings. The molecule has 0 bridgehead atoms. The molecule has 2 aromatic rings. The van der Waals surface area contributed by atoms with Gasteiger partial charge in [0, 0.05) is 5.69 Å². The summed E-state index contributed by atoms with van der Waals surface area (Å²) in [5, 5.41) is 6.15. The minimum atomic E-state index is -0.463. The van der Waals surface area contributed by atoms with Gasteiger partial charge in [-0.2, -0.15) is 0 Å². The normalized spacial score (nSPS) is 10.0. The van der Waals surface area contributed by atoms with E-state index in [1.165, 1.54) is 13.2 Å². The third-order valence-corrected chi connectivity index (χ3v) is 2.58. The third kappa shape index (κ3) is 3.59. The van der Waals surface area contributed by atoms with E-state index in [1.54, 1.807) is 31.2 Å². The monoisotopic (exact) mass is 290 g/mol. The fourth-order valence-corrected chi connectivity index (χ4v) is 1.56. The van der Waals surface area contributed by atoms with Crippen LogP contribution in [0.4, 0.5) is 5.69 Å². The van der Waals surface area contributed by atoms with E-state index in [0.717, 1.165) is 0 Å². The molecule has 0 unspecified atom stereocenters. The van der Waals surface area contributed by atoms with Gasteiger partial charge in [-0.3, -0.25) is 4.79 Å². The second-order valence-electron chi connectivity index (χ2n) is 3.99. The standard InChI is InChI=1S/C14H14N2O5/c1-3-20-14(18)9-4-6-10(7-5-9)15-13(17)11-8-12(19-2)16-21-11/h4-8H,3H2,1-2H3,(H,15,17). The summed E-state index contributed by atoms with van der Waals surface area (Å²) in [6.07, 6.45) is 0. The number of aromatic nitrogens is 1. The SMILES string of the molecule is CCOC(=O)c1ccc(NC(=O)c2cc(OC)no2)cc1. The van der Waals surface area contributed by atoms with Crippen molar-refractivity contribution < 1.29 is 23.6 Å². The lowest BCUT2D eigenvalue weighted by atomic mass is 10.2. The average Bonchev–Trinajstić information content (AvgIpc) is 2.97. The summed E-state index contributed by atoms with van der Waals surface area (Å²) in [5.41, 5.74) is 0.930. The number of hydrogen-bond donors (Lipinski definition) is 1. The molecule has 1 heterocycles. The number of methoxy groups -OCH3 is 1. The smallest absolute Gasteiger partial charge is 0.338 e. The van der Waals surface area contributed by atoms with Crippen molar-refractivity contribution in [1.82, 2.24) is 5.16 Å². The van der Waals surface area contributed by atoms with Gasteiger partial charge in [0.1, 0.15) is 0 Å². The maximum absolute atomic E-state index is 11.9. The molecule has 0 aliphatic rings. The largest absolute Gasteiger partial charge is 0.479 e. The van der Waals surface area contributed by atoms with Crippen molar-refractivity contribution in [1.29, 1.82) is 0 Å². The van der Waals surface area contributed by atoms with Gasteiger partial charge in [0.15, 0.2) is 0 Å². The second kappa shape index (κ2) is 6.56. The Balaban J connectivity index is 2.02. The minimum Gasteiger partial charge on any atom is -0.479 e. The first-order valence-electron chi connectivity index (χ1n) is 6.23. The van der Waals surface area contributed by atoms with Crippen LogP contribution in [0.2, 0.25) is 0 Å². The molecule has 0 radical (unpaired) electrons. The van der Waals surface area contributed by atoms with Crippen molar-refractivity contribution in [3.05, 3.63) is 41.7 Å². The molecule has 1 N–H and O–H groups in total. The lowest BCUT2D eigenvalue weighted by Gasteiger charge is -2.04. The summed E-state index contributed by atoms with van der Waals surface area (Å²) in [7, 11) is 1.42. The van der Waals surface area contributed by atoms with E-state index in [4.69, 9.17) is 14.0 Å². The summed E-state index contributed by atoms with van der Waals surface area (Å²) in [6.45, 7) is 2.04. The molecule has 7 heteroatoms. The molecule has 0 aliphatic carbocycles. The number of carbonyl (C=O) groups is 2. The van der Waals surface area contributed by atoms with E-state index in [9.17, 15) is 9.59 Å². The highest BCUT2D eigenvalue weighted by molar-refractivity contribution is 6.02. The van der Waals surface area contributed by atoms with Crippen molar-refractivity contribution in [2.75, 3.05) is 19.0 Å². The molecule has 110 valence electrons. The van der Waals surface area contributed by atoms with Gasteiger partial charge >= 0.3 is 5.97 Å². The zero-order valence-electron chi connectivity index (χ0n) is 11.6. The first-order chi connectivity index (χ1) is 10.1. The van der Waals surface area contributed by atoms with Crippen molar-refractivity contribution in [2.45, 2.75) is 6.92 Å². The van der Waals surface area contributed by atoms with Crippen LogP contribution in [0.25, 0.3) is 0 Å². The van der Waals surface area contributed by atoms with Crippen LogP contribution in [0.1, 0.15) is 27.8 Å². The predicted octanol–water partition coefficient (Wildman–Crippen LogP) is 2.11. The lowest BCUT2D eigenvalue weighted by molar-refractivity contribution is 0.0526. The summed E-state index contributed by atoms with van der Waals surface area (Å²) < 4.78 is 14.5. The summed E-state index contributed by atoms with van der Waals surface area (Å²) in [5.74, 6) is -0.621. The van der Waals surface area contributed by atoms with Gasteiger partial charge in [0.2, 0.25) is 5.76 Å². The molecule has 0 spiro atoms. The predicted molar refractivity (Wildman–Crippen MR) is 73.4 cm³/mol. The molecule has 7 nitrogen and oxygen atoms in total. The van der Waals surface area contributed by atoms with E-state index >= 15 is 0 Å². The van der Waals surface area contributed by atoms with E-state index in [1.807, 2.05) is 0 Å². The number of nitrogens with zero attached hydrogens (tertiary/aromatic N) is 1. The Morgan fingerprint density at radius 2 is 2.00 bits per heavy atom. The van der Waals surface area contributed by atoms with E-state index in [-0.39, 0.29) is 11.6 Å². The Hall–Kier alpha value is -2.83. The summed E-state index contributed by atoms with van der Waals surface area (Å²) in [4.78, 5) is 23.4. The molecule has 0 aliphatic heterocycles. The number of ether oxygens (including phenoxy) is 2. The number of benzene rings is 1. The van der Waals surface area contributed by atoms with Gasteiger partial charge in [-0.05, 0) is 36.3 Å². The van der Waals surface area contributed by atoms with Crippen LogP contribution >= 0.6 is 0 Å². The highest BCUT2D eigenvalue weighted by Crippen LogP contribution is 2.15. The topological polar surface area (TPSA) is 90.7 Å². The summed E-state index contributed by atoms with van der Waals surface area (Å²) in [6, 6.07) is 7.70. The first-order valence-corrected chi connectivity index (χ1v) is 6.23. The Bertz CT molecular complexity index is 633. The van der Waals surface area contributed by atoms with Gasteiger partial charge in [0.25, 0.3) is 11.8 Å². The van der Waals surface area contributed by atoms with Gasteiger partial charge in [0.05, 0.1) is 25.3 Å². The van der Waals surface area contributed by atoms with Crippen LogP contribution < -0.4 is 10.1 Å². The molecule has 0 saturated heterocycles. The van der Waals surface area contributed by atoms with Crippen LogP contribution in [0.5, 0.6) is 5.88 Å². The number of rotatable bonds is 5. The number of anilines is 1. The second-order valence-corrected chi connectivity index (χ2v) is 3.99. The van der Waals surface area contributed by atoms with E-state index in [0.29, 0.717) is 17.9 Å². The lowest BCUT2D eigenvalue weighted by Crippen LogP contribution is -2.11. The third-order valence-electron chi connectivity index (χ3n) is 2.58. The molecule has 2 rings (SSSR count). The van der Waals surface area contributed by atoms with Gasteiger partial charge < -0.3 is 19.3 Å². The molecule has 0 saturated carbocycles. The van der Waals surface area contributed by atoms with Crippen molar-refractivity contribution in [3.63, 3.8) is 0 Å². The van der Waals surface area contributed by atoms with Crippen molar-refractivity contribution >= 4 is 17.6 Å². The maximum Gasteiger partial charge on any atom is 0.338 e. The highest BCUT2D eigenvalue weighted by Gasteiger charge is 2.14. The van der Waals surface area contributed by atoms with Crippen LogP contribution in [0.15, 0.2) is 34.9 Å². The Kier molecular flexibility index (Phi) is 4.55. The Morgan fingerprint density at radius 1 is 1.29 bits per heavy atom. The molecule has 1 aromatic heterocycles. The Morgan fingerprint density at radius 3 is 2.57 bits per heavy atom. The average molecular weight is 290 g/mol. The number of amides is 1. The fraction of sp³-hybridized carbons (Fsp3) is 0.214. The van der Waals surface area contributed by atoms with Crippen LogP contribution in [-0.4, -0.2) is 30.7 Å². The van der Waals surface area contributed by atoms with E-state index < -0.39 is 11.9 Å². The molecule has 0 atom stereocenters. The van der Waals surface area contributed by atoms with Crippen LogP contribution in [0.3, 0.4) is 0 Å².